The molecule has 5 heteroatoms. The number of nitrogens with zero attached hydrogens (tertiary/aromatic N) is 3. The molecule has 4 aromatic heterocycles. The summed E-state index contributed by atoms with van der Waals surface area (Å²) < 4.78 is 6.34. The van der Waals surface area contributed by atoms with E-state index < -0.39 is 0 Å². The average molecular weight is 855 g/mol. The van der Waals surface area contributed by atoms with Crippen LogP contribution >= 0.6 is 0 Å². The molecule has 0 fully saturated rings. The molecule has 52 heavy (non-hydrogen) atoms. The number of hydrogen-bond acceptors (Lipinski definition) is 4. The molecule has 0 unspecified atom stereocenters. The minimum absolute atomic E-state index is 0. The zero-order chi connectivity index (χ0) is 35.5. The number of furan rings is 1. The normalized spacial score (nSPS) is 11.1. The van der Waals surface area contributed by atoms with Gasteiger partial charge in [-0.3, -0.25) is 9.97 Å². The van der Waals surface area contributed by atoms with Crippen LogP contribution in [0.2, 0.25) is 0 Å². The van der Waals surface area contributed by atoms with E-state index in [-0.39, 0.29) is 20.1 Å². The van der Waals surface area contributed by atoms with Gasteiger partial charge >= 0.3 is 20.1 Å². The monoisotopic (exact) mass is 855 g/mol. The largest absolute Gasteiger partial charge is 3.00 e. The number of fused-ring (bicyclic) bond motifs is 3. The zero-order valence-electron chi connectivity index (χ0n) is 30.3. The van der Waals surface area contributed by atoms with Gasteiger partial charge in [-0.2, -0.15) is 29.3 Å². The van der Waals surface area contributed by atoms with Crippen molar-refractivity contribution >= 4 is 21.9 Å². The van der Waals surface area contributed by atoms with Crippen LogP contribution in [0.25, 0.3) is 66.8 Å². The second-order valence-electron chi connectivity index (χ2n) is 13.6. The Hall–Kier alpha value is -5.22. The molecule has 4 aromatic carbocycles. The van der Waals surface area contributed by atoms with Crippen LogP contribution in [-0.4, -0.2) is 15.0 Å². The van der Waals surface area contributed by atoms with Gasteiger partial charge in [-0.1, -0.05) is 80.8 Å². The Morgan fingerprint density at radius 1 is 0.558 bits per heavy atom. The maximum absolute atomic E-state index is 6.34. The van der Waals surface area contributed by atoms with Crippen LogP contribution in [-0.2, 0) is 20.1 Å². The van der Waals surface area contributed by atoms with Crippen molar-refractivity contribution in [2.45, 2.75) is 53.4 Å². The van der Waals surface area contributed by atoms with E-state index in [1.54, 1.807) is 0 Å². The fraction of sp³-hybridized carbons (Fsp3) is 0.170. The number of aryl methyl sites for hydroxylation is 2. The Kier molecular flexibility index (Phi) is 11.2. The van der Waals surface area contributed by atoms with Crippen LogP contribution in [0.5, 0.6) is 0 Å². The summed E-state index contributed by atoms with van der Waals surface area (Å²) >= 11 is 0. The topological polar surface area (TPSA) is 51.8 Å². The van der Waals surface area contributed by atoms with Crippen LogP contribution in [0.3, 0.4) is 0 Å². The van der Waals surface area contributed by atoms with Crippen LogP contribution in [0.15, 0.2) is 126 Å². The summed E-state index contributed by atoms with van der Waals surface area (Å²) in [4.78, 5) is 13.7. The molecule has 0 saturated carbocycles. The Morgan fingerprint density at radius 3 is 1.88 bits per heavy atom. The van der Waals surface area contributed by atoms with E-state index in [0.29, 0.717) is 11.8 Å². The Bertz CT molecular complexity index is 2460. The van der Waals surface area contributed by atoms with Gasteiger partial charge in [0.1, 0.15) is 5.58 Å². The second-order valence-corrected chi connectivity index (χ2v) is 13.6. The molecule has 0 aliphatic rings. The molecular formula is C47H40IrN3O. The SMILES string of the molecule is CC(C)c1ccnc(-c2[c-]cccc2)c1.Cc1cnc(-c2[c-]c(-c3[c-]c(-c4cc(C(C)C)ccn4)ccc3)cc3c2oc2ccccc23)cc1C.[Ir+3]. The van der Waals surface area contributed by atoms with Crippen molar-refractivity contribution in [3.8, 4) is 44.9 Å². The molecule has 0 aliphatic carbocycles. The summed E-state index contributed by atoms with van der Waals surface area (Å²) in [6, 6.07) is 45.4. The van der Waals surface area contributed by atoms with Gasteiger partial charge in [-0.05, 0) is 66.1 Å². The molecule has 4 heterocycles. The van der Waals surface area contributed by atoms with Crippen molar-refractivity contribution in [3.05, 3.63) is 162 Å². The Balaban J connectivity index is 0.000000244. The molecule has 0 radical (unpaired) electrons. The van der Waals surface area contributed by atoms with Gasteiger partial charge < -0.3 is 9.40 Å². The van der Waals surface area contributed by atoms with Gasteiger partial charge in [0, 0.05) is 35.4 Å². The summed E-state index contributed by atoms with van der Waals surface area (Å²) in [6.45, 7) is 12.9. The van der Waals surface area contributed by atoms with E-state index in [0.717, 1.165) is 72.4 Å². The maximum Gasteiger partial charge on any atom is 3.00 e. The molecule has 0 spiro atoms. The third-order valence-electron chi connectivity index (χ3n) is 9.29. The average Bonchev–Trinajstić information content (AvgIpc) is 3.55. The molecule has 258 valence electrons. The summed E-state index contributed by atoms with van der Waals surface area (Å²) in [5, 5.41) is 2.13. The van der Waals surface area contributed by atoms with Gasteiger partial charge in [0.05, 0.1) is 5.58 Å². The first-order chi connectivity index (χ1) is 24.7. The van der Waals surface area contributed by atoms with Crippen LogP contribution in [0.1, 0.15) is 61.8 Å². The standard InChI is InChI=1S/C33H26N2O.C14H14N.Ir/c1-20(2)23-12-13-34-30(18-23)25-9-7-8-24(15-25)26-16-28-27-10-5-6-11-32(27)36-33(28)29(17-26)31-14-21(3)22(4)19-35-31;1-11(2)13-8-9-15-14(10-13)12-6-4-3-5-7-12;/h5-14,16,18-20H,1-4H3;3-6,8-11H,1-2H3;/q-2;-1;+3. The number of benzene rings is 4. The molecule has 8 rings (SSSR count). The van der Waals surface area contributed by atoms with Gasteiger partial charge in [0.25, 0.3) is 0 Å². The predicted molar refractivity (Wildman–Crippen MR) is 209 cm³/mol. The number of pyridine rings is 3. The first kappa shape index (κ1) is 36.6. The number of aromatic nitrogens is 3. The quantitative estimate of drug-likeness (QED) is 0.156. The first-order valence-corrected chi connectivity index (χ1v) is 17.5. The van der Waals surface area contributed by atoms with E-state index in [1.165, 1.54) is 16.7 Å². The predicted octanol–water partition coefficient (Wildman–Crippen LogP) is 12.4. The van der Waals surface area contributed by atoms with Crippen molar-refractivity contribution < 1.29 is 24.5 Å². The van der Waals surface area contributed by atoms with E-state index in [9.17, 15) is 0 Å². The Labute approximate surface area is 320 Å². The molecule has 0 aliphatic heterocycles. The smallest absolute Gasteiger partial charge is 0.491 e. The molecule has 0 saturated heterocycles. The van der Waals surface area contributed by atoms with Crippen LogP contribution in [0, 0.1) is 32.0 Å². The van der Waals surface area contributed by atoms with E-state index in [4.69, 9.17) is 9.40 Å². The first-order valence-electron chi connectivity index (χ1n) is 17.5. The van der Waals surface area contributed by atoms with Gasteiger partial charge in [0.15, 0.2) is 0 Å². The summed E-state index contributed by atoms with van der Waals surface area (Å²) in [6.07, 6.45) is 5.66. The van der Waals surface area contributed by atoms with Gasteiger partial charge in [0.2, 0.25) is 0 Å². The van der Waals surface area contributed by atoms with Crippen molar-refractivity contribution in [1.82, 2.24) is 15.0 Å². The summed E-state index contributed by atoms with van der Waals surface area (Å²) in [5.74, 6) is 0.975. The van der Waals surface area contributed by atoms with Crippen molar-refractivity contribution in [2.24, 2.45) is 0 Å². The number of hydrogen-bond donors (Lipinski definition) is 0. The van der Waals surface area contributed by atoms with E-state index in [2.05, 4.69) is 130 Å². The van der Waals surface area contributed by atoms with Gasteiger partial charge in [-0.15, -0.1) is 59.7 Å². The molecule has 0 atom stereocenters. The number of para-hydroxylation sites is 1. The molecule has 0 N–H and O–H groups in total. The van der Waals surface area contributed by atoms with E-state index in [1.807, 2.05) is 61.1 Å². The molecule has 0 bridgehead atoms. The third-order valence-corrected chi connectivity index (χ3v) is 9.29. The second kappa shape index (κ2) is 16.0. The molecular weight excluding hydrogens is 815 g/mol. The van der Waals surface area contributed by atoms with Crippen LogP contribution < -0.4 is 0 Å². The summed E-state index contributed by atoms with van der Waals surface area (Å²) in [7, 11) is 0. The van der Waals surface area contributed by atoms with Crippen molar-refractivity contribution in [3.63, 3.8) is 0 Å². The van der Waals surface area contributed by atoms with Crippen LogP contribution in [0.4, 0.5) is 0 Å². The van der Waals surface area contributed by atoms with Gasteiger partial charge in [-0.25, -0.2) is 0 Å². The molecule has 4 nitrogen and oxygen atoms in total. The Morgan fingerprint density at radius 2 is 1.21 bits per heavy atom. The summed E-state index contributed by atoms with van der Waals surface area (Å²) in [5.41, 5.74) is 14.2. The third kappa shape index (κ3) is 7.82. The number of rotatable bonds is 6. The zero-order valence-corrected chi connectivity index (χ0v) is 32.7. The molecule has 0 amide bonds. The molecule has 8 aromatic rings. The minimum atomic E-state index is 0. The van der Waals surface area contributed by atoms with E-state index >= 15 is 0 Å². The van der Waals surface area contributed by atoms with Crippen molar-refractivity contribution in [1.29, 1.82) is 0 Å². The minimum Gasteiger partial charge on any atom is -0.491 e. The van der Waals surface area contributed by atoms with Crippen molar-refractivity contribution in [2.75, 3.05) is 0 Å². The maximum atomic E-state index is 6.34. The fourth-order valence-electron chi connectivity index (χ4n) is 6.09. The fourth-order valence-corrected chi connectivity index (χ4v) is 6.09.